The number of carbonyl (C=O) groups is 2. The Hall–Kier alpha value is -1.49. The monoisotopic (exact) mass is 265 g/mol. The fraction of sp³-hybridized carbons (Fsp3) is 0.385. The number of rotatable bonds is 5. The smallest absolute Gasteiger partial charge is 0.261 e. The first-order valence-electron chi connectivity index (χ1n) is 5.86. The lowest BCUT2D eigenvalue weighted by atomic mass is 10.1. The van der Waals surface area contributed by atoms with Crippen molar-refractivity contribution in [1.29, 1.82) is 0 Å². The topological polar surface area (TPSA) is 54.5 Å². The standard InChI is InChI=1S/C13H15NO3S/c1-18(17)9-5-4-8-14-12(15)10-6-2-3-7-11(10)13(14)16/h2-3,6-7H,4-5,8-9H2,1H3. The summed E-state index contributed by atoms with van der Waals surface area (Å²) in [7, 11) is -0.814. The fourth-order valence-corrected chi connectivity index (χ4v) is 2.63. The van der Waals surface area contributed by atoms with E-state index in [1.54, 1.807) is 30.5 Å². The maximum Gasteiger partial charge on any atom is 0.261 e. The molecule has 1 aliphatic rings. The number of imide groups is 1. The lowest BCUT2D eigenvalue weighted by Gasteiger charge is -2.12. The van der Waals surface area contributed by atoms with Gasteiger partial charge in [-0.1, -0.05) is 12.1 Å². The van der Waals surface area contributed by atoms with Gasteiger partial charge >= 0.3 is 0 Å². The molecule has 1 aromatic carbocycles. The molecule has 0 aromatic heterocycles. The van der Waals surface area contributed by atoms with Crippen LogP contribution >= 0.6 is 0 Å². The molecule has 4 nitrogen and oxygen atoms in total. The molecule has 0 saturated heterocycles. The van der Waals surface area contributed by atoms with Crippen molar-refractivity contribution in [3.63, 3.8) is 0 Å². The number of benzene rings is 1. The van der Waals surface area contributed by atoms with Gasteiger partial charge in [-0.15, -0.1) is 0 Å². The zero-order valence-corrected chi connectivity index (χ0v) is 11.0. The normalized spacial score (nSPS) is 15.9. The molecular formula is C13H15NO3S. The van der Waals surface area contributed by atoms with Crippen molar-refractivity contribution in [1.82, 2.24) is 4.90 Å². The van der Waals surface area contributed by atoms with Crippen molar-refractivity contribution < 1.29 is 13.8 Å². The summed E-state index contributed by atoms with van der Waals surface area (Å²) in [4.78, 5) is 25.2. The molecule has 2 rings (SSSR count). The Balaban J connectivity index is 1.99. The van der Waals surface area contributed by atoms with Gasteiger partial charge in [-0.05, 0) is 25.0 Å². The third-order valence-electron chi connectivity index (χ3n) is 2.94. The quantitative estimate of drug-likeness (QED) is 0.598. The van der Waals surface area contributed by atoms with Crippen LogP contribution < -0.4 is 0 Å². The van der Waals surface area contributed by atoms with E-state index in [2.05, 4.69) is 0 Å². The second kappa shape index (κ2) is 5.44. The minimum absolute atomic E-state index is 0.215. The molecule has 1 unspecified atom stereocenters. The summed E-state index contributed by atoms with van der Waals surface area (Å²) in [6, 6.07) is 6.87. The zero-order valence-electron chi connectivity index (χ0n) is 10.2. The summed E-state index contributed by atoms with van der Waals surface area (Å²) in [6.45, 7) is 0.406. The van der Waals surface area contributed by atoms with Crippen LogP contribution in [0.1, 0.15) is 33.6 Å². The summed E-state index contributed by atoms with van der Waals surface area (Å²) < 4.78 is 10.9. The van der Waals surface area contributed by atoms with Crippen LogP contribution in [0.4, 0.5) is 0 Å². The minimum atomic E-state index is -0.814. The maximum atomic E-state index is 12.0. The van der Waals surface area contributed by atoms with E-state index in [0.29, 0.717) is 29.8 Å². The number of unbranched alkanes of at least 4 members (excludes halogenated alkanes) is 1. The molecule has 0 aliphatic carbocycles. The highest BCUT2D eigenvalue weighted by Gasteiger charge is 2.34. The molecule has 0 bridgehead atoms. The Morgan fingerprint density at radius 2 is 1.61 bits per heavy atom. The highest BCUT2D eigenvalue weighted by Crippen LogP contribution is 2.22. The van der Waals surface area contributed by atoms with Gasteiger partial charge in [-0.2, -0.15) is 0 Å². The first kappa shape index (κ1) is 13.0. The SMILES string of the molecule is CS(=O)CCCCN1C(=O)c2ccccc2C1=O. The average molecular weight is 265 g/mol. The first-order chi connectivity index (χ1) is 8.61. The highest BCUT2D eigenvalue weighted by atomic mass is 32.2. The summed E-state index contributed by atoms with van der Waals surface area (Å²) in [5.74, 6) is 0.185. The predicted octanol–water partition coefficient (Wildman–Crippen LogP) is 1.44. The largest absolute Gasteiger partial charge is 0.274 e. The Bertz CT molecular complexity index is 478. The van der Waals surface area contributed by atoms with Gasteiger partial charge in [0.25, 0.3) is 11.8 Å². The van der Waals surface area contributed by atoms with E-state index in [4.69, 9.17) is 0 Å². The molecule has 0 fully saturated rings. The number of hydrogen-bond donors (Lipinski definition) is 0. The van der Waals surface area contributed by atoms with Gasteiger partial charge in [-0.3, -0.25) is 18.7 Å². The Morgan fingerprint density at radius 3 is 2.11 bits per heavy atom. The predicted molar refractivity (Wildman–Crippen MR) is 70.0 cm³/mol. The third-order valence-corrected chi connectivity index (χ3v) is 3.81. The summed E-state index contributed by atoms with van der Waals surface area (Å²) in [5.41, 5.74) is 0.975. The van der Waals surface area contributed by atoms with Crippen molar-refractivity contribution in [3.8, 4) is 0 Å². The van der Waals surface area contributed by atoms with Crippen molar-refractivity contribution in [2.24, 2.45) is 0 Å². The Morgan fingerprint density at radius 1 is 1.06 bits per heavy atom. The summed E-state index contributed by atoms with van der Waals surface area (Å²) in [5, 5.41) is 0. The van der Waals surface area contributed by atoms with E-state index in [0.717, 1.165) is 6.42 Å². The summed E-state index contributed by atoms with van der Waals surface area (Å²) >= 11 is 0. The average Bonchev–Trinajstić information content (AvgIpc) is 2.59. The fourth-order valence-electron chi connectivity index (χ4n) is 2.02. The third kappa shape index (κ3) is 2.51. The van der Waals surface area contributed by atoms with Crippen molar-refractivity contribution >= 4 is 22.6 Å². The van der Waals surface area contributed by atoms with Gasteiger partial charge in [0.1, 0.15) is 0 Å². The molecule has 18 heavy (non-hydrogen) atoms. The molecule has 96 valence electrons. The number of hydrogen-bond acceptors (Lipinski definition) is 3. The van der Waals surface area contributed by atoms with Gasteiger partial charge in [0, 0.05) is 29.4 Å². The lowest BCUT2D eigenvalue weighted by Crippen LogP contribution is -2.30. The highest BCUT2D eigenvalue weighted by molar-refractivity contribution is 7.84. The zero-order chi connectivity index (χ0) is 13.1. The van der Waals surface area contributed by atoms with Crippen LogP contribution in [0.2, 0.25) is 0 Å². The second-order valence-electron chi connectivity index (χ2n) is 4.29. The van der Waals surface area contributed by atoms with Crippen molar-refractivity contribution in [2.45, 2.75) is 12.8 Å². The van der Waals surface area contributed by atoms with Gasteiger partial charge in [0.2, 0.25) is 0 Å². The van der Waals surface area contributed by atoms with Gasteiger partial charge in [0.15, 0.2) is 0 Å². The van der Waals surface area contributed by atoms with Gasteiger partial charge in [0.05, 0.1) is 11.1 Å². The molecular weight excluding hydrogens is 250 g/mol. The number of fused-ring (bicyclic) bond motifs is 1. The lowest BCUT2D eigenvalue weighted by molar-refractivity contribution is 0.0652. The molecule has 1 atom stereocenters. The molecule has 5 heteroatoms. The molecule has 0 spiro atoms. The summed E-state index contributed by atoms with van der Waals surface area (Å²) in [6.07, 6.45) is 3.11. The van der Waals surface area contributed by atoms with Crippen LogP contribution in [-0.4, -0.2) is 39.5 Å². The molecule has 1 aromatic rings. The van der Waals surface area contributed by atoms with E-state index < -0.39 is 10.8 Å². The Kier molecular flexibility index (Phi) is 3.91. The minimum Gasteiger partial charge on any atom is -0.274 e. The maximum absolute atomic E-state index is 12.0. The molecule has 0 N–H and O–H groups in total. The van der Waals surface area contributed by atoms with E-state index in [1.165, 1.54) is 4.90 Å². The van der Waals surface area contributed by atoms with E-state index in [1.807, 2.05) is 0 Å². The van der Waals surface area contributed by atoms with Gasteiger partial charge < -0.3 is 0 Å². The van der Waals surface area contributed by atoms with Crippen LogP contribution in [0.5, 0.6) is 0 Å². The molecule has 1 aliphatic heterocycles. The molecule has 1 heterocycles. The van der Waals surface area contributed by atoms with Crippen LogP contribution in [0, 0.1) is 0 Å². The van der Waals surface area contributed by atoms with Crippen LogP contribution in [0.3, 0.4) is 0 Å². The molecule has 2 amide bonds. The molecule has 0 radical (unpaired) electrons. The number of amides is 2. The van der Waals surface area contributed by atoms with Crippen LogP contribution in [0.15, 0.2) is 24.3 Å². The van der Waals surface area contributed by atoms with Crippen LogP contribution in [-0.2, 0) is 10.8 Å². The second-order valence-corrected chi connectivity index (χ2v) is 5.85. The number of carbonyl (C=O) groups excluding carboxylic acids is 2. The van der Waals surface area contributed by atoms with E-state index >= 15 is 0 Å². The number of nitrogens with zero attached hydrogens (tertiary/aromatic N) is 1. The molecule has 0 saturated carbocycles. The van der Waals surface area contributed by atoms with Crippen molar-refractivity contribution in [3.05, 3.63) is 35.4 Å². The van der Waals surface area contributed by atoms with E-state index in [-0.39, 0.29) is 11.8 Å². The van der Waals surface area contributed by atoms with Crippen molar-refractivity contribution in [2.75, 3.05) is 18.6 Å². The first-order valence-corrected chi connectivity index (χ1v) is 7.59. The van der Waals surface area contributed by atoms with Gasteiger partial charge in [-0.25, -0.2) is 0 Å². The van der Waals surface area contributed by atoms with Crippen LogP contribution in [0.25, 0.3) is 0 Å². The van der Waals surface area contributed by atoms with E-state index in [9.17, 15) is 13.8 Å². The Labute approximate surface area is 108 Å².